The lowest BCUT2D eigenvalue weighted by molar-refractivity contribution is 0.105. The zero-order chi connectivity index (χ0) is 17.2. The minimum absolute atomic E-state index is 0.540. The van der Waals surface area contributed by atoms with Crippen LogP contribution in [0.3, 0.4) is 0 Å². The normalized spacial score (nSPS) is 20.6. The molecule has 2 aliphatic heterocycles. The van der Waals surface area contributed by atoms with Gasteiger partial charge in [-0.3, -0.25) is 9.80 Å². The number of rotatable bonds is 4. The van der Waals surface area contributed by atoms with E-state index < -0.39 is 0 Å². The van der Waals surface area contributed by atoms with Crippen LogP contribution in [-0.4, -0.2) is 70.5 Å². The Bertz CT molecular complexity index is 709. The van der Waals surface area contributed by atoms with Crippen molar-refractivity contribution in [3.05, 3.63) is 47.8 Å². The van der Waals surface area contributed by atoms with Crippen molar-refractivity contribution < 1.29 is 0 Å². The average Bonchev–Trinajstić information content (AvgIpc) is 3.08. The molecule has 1 atom stereocenters. The highest BCUT2D eigenvalue weighted by molar-refractivity contribution is 5.54. The summed E-state index contributed by atoms with van der Waals surface area (Å²) in [5.41, 5.74) is 3.57. The van der Waals surface area contributed by atoms with Gasteiger partial charge in [0.15, 0.2) is 5.82 Å². The monoisotopic (exact) mass is 337 g/mol. The van der Waals surface area contributed by atoms with E-state index in [2.05, 4.69) is 45.8 Å². The summed E-state index contributed by atoms with van der Waals surface area (Å²) >= 11 is 0. The van der Waals surface area contributed by atoms with Crippen LogP contribution >= 0.6 is 0 Å². The van der Waals surface area contributed by atoms with Crippen molar-refractivity contribution in [2.75, 3.05) is 39.8 Å². The fourth-order valence-corrected chi connectivity index (χ4v) is 3.74. The number of aromatic nitrogens is 2. The van der Waals surface area contributed by atoms with Gasteiger partial charge in [-0.25, -0.2) is 9.97 Å². The topological polar surface area (TPSA) is 35.5 Å². The largest absolute Gasteiger partial charge is 0.304 e. The van der Waals surface area contributed by atoms with Crippen molar-refractivity contribution in [1.82, 2.24) is 24.7 Å². The molecule has 2 aromatic rings. The van der Waals surface area contributed by atoms with Crippen LogP contribution in [0.25, 0.3) is 11.4 Å². The first-order chi connectivity index (χ1) is 12.2. The minimum atomic E-state index is 0.540. The van der Waals surface area contributed by atoms with E-state index in [1.165, 1.54) is 37.4 Å². The maximum Gasteiger partial charge on any atom is 0.159 e. The summed E-state index contributed by atoms with van der Waals surface area (Å²) < 4.78 is 0. The van der Waals surface area contributed by atoms with Gasteiger partial charge < -0.3 is 4.90 Å². The summed E-state index contributed by atoms with van der Waals surface area (Å²) in [5.74, 6) is 0.841. The molecule has 4 rings (SSSR count). The zero-order valence-corrected chi connectivity index (χ0v) is 15.2. The van der Waals surface area contributed by atoms with Crippen LogP contribution < -0.4 is 0 Å². The molecule has 1 aromatic carbocycles. The number of benzene rings is 1. The van der Waals surface area contributed by atoms with Crippen LogP contribution in [0.2, 0.25) is 0 Å². The van der Waals surface area contributed by atoms with Crippen molar-refractivity contribution in [3.8, 4) is 11.4 Å². The molecule has 0 bridgehead atoms. The van der Waals surface area contributed by atoms with Crippen LogP contribution in [0.15, 0.2) is 36.5 Å². The summed E-state index contributed by atoms with van der Waals surface area (Å²) in [5, 5.41) is 0. The molecule has 3 heterocycles. The second-order valence-electron chi connectivity index (χ2n) is 7.39. The molecule has 1 fully saturated rings. The molecule has 1 aromatic heterocycles. The van der Waals surface area contributed by atoms with Gasteiger partial charge in [-0.1, -0.05) is 30.3 Å². The first kappa shape index (κ1) is 16.6. The van der Waals surface area contributed by atoms with Crippen LogP contribution in [-0.2, 0) is 13.1 Å². The summed E-state index contributed by atoms with van der Waals surface area (Å²) in [6.45, 7) is 10.1. The second kappa shape index (κ2) is 7.20. The lowest BCUT2D eigenvalue weighted by Gasteiger charge is -2.36. The van der Waals surface area contributed by atoms with E-state index in [0.29, 0.717) is 6.04 Å². The van der Waals surface area contributed by atoms with Crippen LogP contribution in [0.1, 0.15) is 18.2 Å². The molecule has 0 saturated carbocycles. The highest BCUT2D eigenvalue weighted by Crippen LogP contribution is 2.25. The number of hydrogen-bond acceptors (Lipinski definition) is 5. The molecule has 0 radical (unpaired) electrons. The molecule has 0 amide bonds. The predicted octanol–water partition coefficient (Wildman–Crippen LogP) is 2.10. The van der Waals surface area contributed by atoms with Gasteiger partial charge in [-0.05, 0) is 14.0 Å². The Morgan fingerprint density at radius 1 is 1.04 bits per heavy atom. The van der Waals surface area contributed by atoms with Crippen molar-refractivity contribution in [2.45, 2.75) is 26.1 Å². The third-order valence-corrected chi connectivity index (χ3v) is 5.45. The Morgan fingerprint density at radius 3 is 2.56 bits per heavy atom. The SMILES string of the molecule is C[C@H](CN1CCN(C)CC1)N1Cc2cnc(-c3ccccc3)nc2C1. The minimum Gasteiger partial charge on any atom is -0.304 e. The van der Waals surface area contributed by atoms with Crippen molar-refractivity contribution in [3.63, 3.8) is 0 Å². The van der Waals surface area contributed by atoms with Gasteiger partial charge in [0.2, 0.25) is 0 Å². The van der Waals surface area contributed by atoms with Crippen LogP contribution in [0.4, 0.5) is 0 Å². The number of hydrogen-bond donors (Lipinski definition) is 0. The molecule has 25 heavy (non-hydrogen) atoms. The molecule has 0 N–H and O–H groups in total. The summed E-state index contributed by atoms with van der Waals surface area (Å²) in [7, 11) is 2.21. The van der Waals surface area contributed by atoms with Gasteiger partial charge in [0.05, 0.1) is 5.69 Å². The van der Waals surface area contributed by atoms with E-state index in [-0.39, 0.29) is 0 Å². The van der Waals surface area contributed by atoms with Gasteiger partial charge in [-0.15, -0.1) is 0 Å². The Balaban J connectivity index is 1.41. The number of likely N-dealkylation sites (N-methyl/N-ethyl adjacent to an activating group) is 1. The molecular weight excluding hydrogens is 310 g/mol. The average molecular weight is 337 g/mol. The fraction of sp³-hybridized carbons (Fsp3) is 0.500. The maximum atomic E-state index is 4.84. The molecule has 0 spiro atoms. The van der Waals surface area contributed by atoms with Gasteiger partial charge in [0, 0.05) is 69.2 Å². The predicted molar refractivity (Wildman–Crippen MR) is 100 cm³/mol. The highest BCUT2D eigenvalue weighted by Gasteiger charge is 2.27. The summed E-state index contributed by atoms with van der Waals surface area (Å²) in [6.07, 6.45) is 2.02. The van der Waals surface area contributed by atoms with Crippen molar-refractivity contribution >= 4 is 0 Å². The van der Waals surface area contributed by atoms with E-state index >= 15 is 0 Å². The number of fused-ring (bicyclic) bond motifs is 1. The fourth-order valence-electron chi connectivity index (χ4n) is 3.74. The molecule has 132 valence electrons. The smallest absolute Gasteiger partial charge is 0.159 e. The van der Waals surface area contributed by atoms with Gasteiger partial charge in [0.25, 0.3) is 0 Å². The Kier molecular flexibility index (Phi) is 4.79. The standard InChI is InChI=1S/C20H27N5/c1-16(13-24-10-8-23(2)9-11-24)25-14-18-12-21-20(22-19(18)15-25)17-6-4-3-5-7-17/h3-7,12,16H,8-11,13-15H2,1-2H3/t16-/m1/s1. The second-order valence-corrected chi connectivity index (χ2v) is 7.39. The van der Waals surface area contributed by atoms with Crippen LogP contribution in [0.5, 0.6) is 0 Å². The summed E-state index contributed by atoms with van der Waals surface area (Å²) in [4.78, 5) is 17.0. The van der Waals surface area contributed by atoms with Crippen LogP contribution in [0, 0.1) is 0 Å². The summed E-state index contributed by atoms with van der Waals surface area (Å²) in [6, 6.07) is 10.8. The first-order valence-corrected chi connectivity index (χ1v) is 9.24. The molecule has 5 heteroatoms. The third kappa shape index (κ3) is 3.73. The molecule has 1 saturated heterocycles. The molecule has 0 aliphatic carbocycles. The third-order valence-electron chi connectivity index (χ3n) is 5.45. The van der Waals surface area contributed by atoms with E-state index in [1.54, 1.807) is 0 Å². The van der Waals surface area contributed by atoms with E-state index in [0.717, 1.165) is 31.0 Å². The first-order valence-electron chi connectivity index (χ1n) is 9.24. The van der Waals surface area contributed by atoms with Gasteiger partial charge in [-0.2, -0.15) is 0 Å². The molecule has 0 unspecified atom stereocenters. The Labute approximate surface area is 150 Å². The highest BCUT2D eigenvalue weighted by atomic mass is 15.3. The van der Waals surface area contributed by atoms with E-state index in [9.17, 15) is 0 Å². The van der Waals surface area contributed by atoms with Gasteiger partial charge in [0.1, 0.15) is 0 Å². The Morgan fingerprint density at radius 2 is 1.80 bits per heavy atom. The maximum absolute atomic E-state index is 4.84. The van der Waals surface area contributed by atoms with E-state index in [4.69, 9.17) is 4.98 Å². The molecule has 2 aliphatic rings. The lowest BCUT2D eigenvalue weighted by atomic mass is 10.2. The van der Waals surface area contributed by atoms with E-state index in [1.807, 2.05) is 24.4 Å². The number of nitrogens with zero attached hydrogens (tertiary/aromatic N) is 5. The molecule has 5 nitrogen and oxygen atoms in total. The number of piperazine rings is 1. The zero-order valence-electron chi connectivity index (χ0n) is 15.2. The van der Waals surface area contributed by atoms with Crippen molar-refractivity contribution in [2.24, 2.45) is 0 Å². The molecular formula is C20H27N5. The van der Waals surface area contributed by atoms with Gasteiger partial charge >= 0.3 is 0 Å². The lowest BCUT2D eigenvalue weighted by Crippen LogP contribution is -2.49. The van der Waals surface area contributed by atoms with Crippen molar-refractivity contribution in [1.29, 1.82) is 0 Å². The Hall–Kier alpha value is -1.82. The quantitative estimate of drug-likeness (QED) is 0.854.